The topological polar surface area (TPSA) is 37.4 Å². The van der Waals surface area contributed by atoms with Gasteiger partial charge in [-0.15, -0.1) is 11.6 Å². The second-order valence-electron chi connectivity index (χ2n) is 4.04. The van der Waals surface area contributed by atoms with Crippen LogP contribution in [0.4, 0.5) is 5.69 Å². The second kappa shape index (κ2) is 6.26. The van der Waals surface area contributed by atoms with E-state index in [4.69, 9.17) is 11.6 Å². The quantitative estimate of drug-likeness (QED) is 0.749. The van der Waals surface area contributed by atoms with E-state index in [1.165, 1.54) is 4.31 Å². The molecule has 1 aromatic carbocycles. The number of hydrogen-bond donors (Lipinski definition) is 0. The smallest absolute Gasteiger partial charge is 0.235 e. The minimum atomic E-state index is -3.29. The van der Waals surface area contributed by atoms with E-state index in [0.29, 0.717) is 18.1 Å². The van der Waals surface area contributed by atoms with Crippen LogP contribution in [0.15, 0.2) is 30.3 Å². The van der Waals surface area contributed by atoms with Crippen LogP contribution in [-0.2, 0) is 10.0 Å². The molecule has 0 radical (unpaired) electrons. The van der Waals surface area contributed by atoms with E-state index in [0.717, 1.165) is 0 Å². The van der Waals surface area contributed by atoms with Crippen LogP contribution in [-0.4, -0.2) is 26.6 Å². The van der Waals surface area contributed by atoms with Crippen LogP contribution in [0, 0.1) is 5.92 Å². The number of hydrogen-bond acceptors (Lipinski definition) is 2. The average Bonchev–Trinajstić information content (AvgIpc) is 2.30. The van der Waals surface area contributed by atoms with E-state index >= 15 is 0 Å². The monoisotopic (exact) mass is 275 g/mol. The summed E-state index contributed by atoms with van der Waals surface area (Å²) in [6.45, 7) is 4.10. The van der Waals surface area contributed by atoms with Gasteiger partial charge >= 0.3 is 0 Å². The van der Waals surface area contributed by atoms with E-state index < -0.39 is 10.0 Å². The number of nitrogens with zero attached hydrogens (tertiary/aromatic N) is 1. The zero-order valence-electron chi connectivity index (χ0n) is 10.1. The van der Waals surface area contributed by atoms with Crippen LogP contribution >= 0.6 is 11.6 Å². The molecule has 5 heteroatoms. The highest BCUT2D eigenvalue weighted by atomic mass is 35.5. The molecule has 0 saturated heterocycles. The van der Waals surface area contributed by atoms with Gasteiger partial charge in [0.25, 0.3) is 0 Å². The highest BCUT2D eigenvalue weighted by Crippen LogP contribution is 2.19. The molecule has 0 saturated carbocycles. The van der Waals surface area contributed by atoms with Gasteiger partial charge in [-0.05, 0) is 25.0 Å². The molecule has 0 aliphatic heterocycles. The number of benzene rings is 1. The van der Waals surface area contributed by atoms with Crippen molar-refractivity contribution in [1.82, 2.24) is 0 Å². The van der Waals surface area contributed by atoms with E-state index in [-0.39, 0.29) is 11.7 Å². The number of alkyl halides is 1. The number of para-hydroxylation sites is 1. The summed E-state index contributed by atoms with van der Waals surface area (Å²) in [6.07, 6.45) is 0. The summed E-state index contributed by atoms with van der Waals surface area (Å²) in [5.74, 6) is 0.393. The maximum Gasteiger partial charge on any atom is 0.235 e. The van der Waals surface area contributed by atoms with Crippen molar-refractivity contribution in [2.45, 2.75) is 13.8 Å². The van der Waals surface area contributed by atoms with Gasteiger partial charge in [0.2, 0.25) is 10.0 Å². The Labute approximate surface area is 108 Å². The molecule has 0 bridgehead atoms. The lowest BCUT2D eigenvalue weighted by Crippen LogP contribution is -2.35. The first kappa shape index (κ1) is 14.3. The SMILES string of the molecule is CCN(c1ccccc1)S(=O)(=O)CC(C)CCl. The molecule has 0 amide bonds. The van der Waals surface area contributed by atoms with Gasteiger partial charge in [0.1, 0.15) is 0 Å². The van der Waals surface area contributed by atoms with Gasteiger partial charge in [0.15, 0.2) is 0 Å². The molecule has 0 heterocycles. The number of anilines is 1. The first-order valence-corrected chi connectivity index (χ1v) is 7.77. The Bertz CT molecular complexity index is 433. The van der Waals surface area contributed by atoms with E-state index in [1.54, 1.807) is 12.1 Å². The molecule has 0 fully saturated rings. The number of rotatable bonds is 6. The first-order chi connectivity index (χ1) is 8.01. The fraction of sp³-hybridized carbons (Fsp3) is 0.500. The third-order valence-electron chi connectivity index (χ3n) is 2.43. The first-order valence-electron chi connectivity index (χ1n) is 5.62. The van der Waals surface area contributed by atoms with Gasteiger partial charge in [-0.2, -0.15) is 0 Å². The summed E-state index contributed by atoms with van der Waals surface area (Å²) in [7, 11) is -3.29. The van der Waals surface area contributed by atoms with Crippen LogP contribution < -0.4 is 4.31 Å². The van der Waals surface area contributed by atoms with E-state index in [2.05, 4.69) is 0 Å². The lowest BCUT2D eigenvalue weighted by Gasteiger charge is -2.24. The lowest BCUT2D eigenvalue weighted by atomic mass is 10.3. The second-order valence-corrected chi connectivity index (χ2v) is 6.28. The number of halogens is 1. The van der Waals surface area contributed by atoms with E-state index in [1.807, 2.05) is 32.0 Å². The van der Waals surface area contributed by atoms with Crippen molar-refractivity contribution in [1.29, 1.82) is 0 Å². The number of sulfonamides is 1. The third-order valence-corrected chi connectivity index (χ3v) is 5.08. The zero-order chi connectivity index (χ0) is 12.9. The Balaban J connectivity index is 2.95. The van der Waals surface area contributed by atoms with Crippen LogP contribution in [0.2, 0.25) is 0 Å². The predicted molar refractivity (Wildman–Crippen MR) is 73.1 cm³/mol. The zero-order valence-corrected chi connectivity index (χ0v) is 11.7. The summed E-state index contributed by atoms with van der Waals surface area (Å²) < 4.78 is 25.8. The molecule has 0 aromatic heterocycles. The Morgan fingerprint density at radius 3 is 2.35 bits per heavy atom. The van der Waals surface area contributed by atoms with Crippen molar-refractivity contribution < 1.29 is 8.42 Å². The fourth-order valence-electron chi connectivity index (χ4n) is 1.63. The summed E-state index contributed by atoms with van der Waals surface area (Å²) in [6, 6.07) is 9.13. The van der Waals surface area contributed by atoms with Crippen LogP contribution in [0.25, 0.3) is 0 Å². The van der Waals surface area contributed by atoms with Gasteiger partial charge in [-0.3, -0.25) is 4.31 Å². The molecule has 1 unspecified atom stereocenters. The van der Waals surface area contributed by atoms with Gasteiger partial charge in [0, 0.05) is 12.4 Å². The van der Waals surface area contributed by atoms with Crippen LogP contribution in [0.5, 0.6) is 0 Å². The molecule has 96 valence electrons. The Morgan fingerprint density at radius 1 is 1.29 bits per heavy atom. The molecular weight excluding hydrogens is 258 g/mol. The molecule has 1 aromatic rings. The summed E-state index contributed by atoms with van der Waals surface area (Å²) >= 11 is 5.67. The van der Waals surface area contributed by atoms with Crippen molar-refractivity contribution in [2.75, 3.05) is 22.5 Å². The minimum absolute atomic E-state index is 0.0422. The standard InChI is InChI=1S/C12H18ClNO2S/c1-3-14(12-7-5-4-6-8-12)17(15,16)10-11(2)9-13/h4-8,11H,3,9-10H2,1-2H3. The summed E-state index contributed by atoms with van der Waals surface area (Å²) in [4.78, 5) is 0. The van der Waals surface area contributed by atoms with Gasteiger partial charge in [-0.25, -0.2) is 8.42 Å². The maximum atomic E-state index is 12.2. The van der Waals surface area contributed by atoms with Crippen molar-refractivity contribution >= 4 is 27.3 Å². The van der Waals surface area contributed by atoms with Gasteiger partial charge in [-0.1, -0.05) is 25.1 Å². The van der Waals surface area contributed by atoms with E-state index in [9.17, 15) is 8.42 Å². The molecular formula is C12H18ClNO2S. The molecule has 0 aliphatic rings. The van der Waals surface area contributed by atoms with Crippen molar-refractivity contribution in [3.63, 3.8) is 0 Å². The lowest BCUT2D eigenvalue weighted by molar-refractivity contribution is 0.579. The van der Waals surface area contributed by atoms with Crippen LogP contribution in [0.3, 0.4) is 0 Å². The average molecular weight is 276 g/mol. The fourth-order valence-corrected chi connectivity index (χ4v) is 3.72. The molecule has 0 aliphatic carbocycles. The molecule has 3 nitrogen and oxygen atoms in total. The van der Waals surface area contributed by atoms with Gasteiger partial charge in [0.05, 0.1) is 11.4 Å². The summed E-state index contributed by atoms with van der Waals surface area (Å²) in [5, 5.41) is 0. The highest BCUT2D eigenvalue weighted by molar-refractivity contribution is 7.92. The predicted octanol–water partition coefficient (Wildman–Crippen LogP) is 2.72. The molecule has 0 spiro atoms. The van der Waals surface area contributed by atoms with Crippen molar-refractivity contribution in [2.24, 2.45) is 5.92 Å². The molecule has 0 N–H and O–H groups in total. The maximum absolute atomic E-state index is 12.2. The minimum Gasteiger partial charge on any atom is -0.271 e. The molecule has 1 rings (SSSR count). The van der Waals surface area contributed by atoms with Gasteiger partial charge < -0.3 is 0 Å². The Morgan fingerprint density at radius 2 is 1.88 bits per heavy atom. The highest BCUT2D eigenvalue weighted by Gasteiger charge is 2.23. The van der Waals surface area contributed by atoms with Crippen molar-refractivity contribution in [3.05, 3.63) is 30.3 Å². The molecule has 17 heavy (non-hydrogen) atoms. The van der Waals surface area contributed by atoms with Crippen molar-refractivity contribution in [3.8, 4) is 0 Å². The molecule has 1 atom stereocenters. The Kier molecular flexibility index (Phi) is 5.28. The van der Waals surface area contributed by atoms with Crippen LogP contribution in [0.1, 0.15) is 13.8 Å². The normalized spacial score (nSPS) is 13.4. The Hall–Kier alpha value is -0.740. The third kappa shape index (κ3) is 3.89. The summed E-state index contributed by atoms with van der Waals surface area (Å²) in [5.41, 5.74) is 0.705. The largest absolute Gasteiger partial charge is 0.271 e.